The fraction of sp³-hybridized carbons (Fsp3) is 0.619. The number of aromatic nitrogens is 1. The Kier molecular flexibility index (Phi) is 6.56. The number of ether oxygens (including phenoxy) is 1. The maximum absolute atomic E-state index is 12.5. The van der Waals surface area contributed by atoms with Crippen LogP contribution in [0.2, 0.25) is 0 Å². The third kappa shape index (κ3) is 5.38. The summed E-state index contributed by atoms with van der Waals surface area (Å²) in [6.07, 6.45) is 5.08. The molecule has 1 aromatic carbocycles. The summed E-state index contributed by atoms with van der Waals surface area (Å²) < 4.78 is 32.0. The molecule has 0 amide bonds. The molecule has 7 nitrogen and oxygen atoms in total. The standard InChI is InChI=1S/C21H32N4O3S/c1-29(26,27)25(9-2-8-23-11-13-28-14-12-23)20-6-10-24(17-20)16-18-3-4-19-5-7-22-21(19)15-18/h3-5,7,15,20,22H,2,6,8-14,16-17H2,1H3. The molecule has 1 N–H and O–H groups in total. The van der Waals surface area contributed by atoms with Gasteiger partial charge >= 0.3 is 0 Å². The van der Waals surface area contributed by atoms with Crippen LogP contribution in [0.3, 0.4) is 0 Å². The van der Waals surface area contributed by atoms with Gasteiger partial charge in [0, 0.05) is 57.0 Å². The van der Waals surface area contributed by atoms with Gasteiger partial charge in [-0.05, 0) is 42.5 Å². The average Bonchev–Trinajstić information content (AvgIpc) is 3.34. The molecule has 2 fully saturated rings. The Labute approximate surface area is 173 Å². The third-order valence-corrected chi connectivity index (χ3v) is 7.40. The Bertz CT molecular complexity index is 908. The van der Waals surface area contributed by atoms with Gasteiger partial charge in [0.25, 0.3) is 0 Å². The van der Waals surface area contributed by atoms with Gasteiger partial charge in [-0.3, -0.25) is 9.80 Å². The number of morpholine rings is 1. The van der Waals surface area contributed by atoms with Crippen molar-refractivity contribution in [3.8, 4) is 0 Å². The molecule has 0 saturated carbocycles. The van der Waals surface area contributed by atoms with Crippen LogP contribution in [0.4, 0.5) is 0 Å². The van der Waals surface area contributed by atoms with Crippen molar-refractivity contribution in [3.63, 3.8) is 0 Å². The summed E-state index contributed by atoms with van der Waals surface area (Å²) >= 11 is 0. The molecule has 0 aliphatic carbocycles. The highest BCUT2D eigenvalue weighted by molar-refractivity contribution is 7.88. The Morgan fingerprint density at radius 3 is 2.79 bits per heavy atom. The van der Waals surface area contributed by atoms with Crippen molar-refractivity contribution in [1.29, 1.82) is 0 Å². The molecule has 2 aliphatic rings. The summed E-state index contributed by atoms with van der Waals surface area (Å²) in [5.74, 6) is 0. The first-order valence-electron chi connectivity index (χ1n) is 10.5. The molecule has 4 rings (SSSR count). The first kappa shape index (κ1) is 20.8. The molecule has 0 radical (unpaired) electrons. The van der Waals surface area contributed by atoms with Crippen LogP contribution < -0.4 is 0 Å². The van der Waals surface area contributed by atoms with Crippen LogP contribution in [0.1, 0.15) is 18.4 Å². The maximum Gasteiger partial charge on any atom is 0.211 e. The number of likely N-dealkylation sites (tertiary alicyclic amines) is 1. The van der Waals surface area contributed by atoms with Gasteiger partial charge in [-0.15, -0.1) is 0 Å². The highest BCUT2D eigenvalue weighted by Gasteiger charge is 2.32. The van der Waals surface area contributed by atoms with Gasteiger partial charge in [0.05, 0.1) is 19.5 Å². The highest BCUT2D eigenvalue weighted by Crippen LogP contribution is 2.22. The normalized spacial score (nSPS) is 22.1. The molecule has 2 saturated heterocycles. The van der Waals surface area contributed by atoms with Gasteiger partial charge in [-0.1, -0.05) is 12.1 Å². The predicted octanol–water partition coefficient (Wildman–Crippen LogP) is 1.73. The van der Waals surface area contributed by atoms with Gasteiger partial charge in [0.15, 0.2) is 0 Å². The zero-order chi connectivity index (χ0) is 20.3. The van der Waals surface area contributed by atoms with Gasteiger partial charge < -0.3 is 9.72 Å². The largest absolute Gasteiger partial charge is 0.379 e. The highest BCUT2D eigenvalue weighted by atomic mass is 32.2. The number of nitrogens with one attached hydrogen (secondary N) is 1. The van der Waals surface area contributed by atoms with Crippen LogP contribution in [-0.4, -0.2) is 92.3 Å². The van der Waals surface area contributed by atoms with Crippen LogP contribution in [-0.2, 0) is 21.3 Å². The number of sulfonamides is 1. The Morgan fingerprint density at radius 2 is 2.00 bits per heavy atom. The molecule has 2 aromatic rings. The van der Waals surface area contributed by atoms with E-state index in [0.717, 1.165) is 70.8 Å². The molecule has 1 atom stereocenters. The second kappa shape index (κ2) is 9.14. The monoisotopic (exact) mass is 420 g/mol. The number of fused-ring (bicyclic) bond motifs is 1. The number of H-pyrrole nitrogens is 1. The smallest absolute Gasteiger partial charge is 0.211 e. The number of hydrogen-bond donors (Lipinski definition) is 1. The van der Waals surface area contributed by atoms with Crippen LogP contribution in [0, 0.1) is 0 Å². The summed E-state index contributed by atoms with van der Waals surface area (Å²) in [6, 6.07) is 8.65. The van der Waals surface area contributed by atoms with E-state index in [2.05, 4.69) is 39.0 Å². The summed E-state index contributed by atoms with van der Waals surface area (Å²) in [4.78, 5) is 8.00. The lowest BCUT2D eigenvalue weighted by atomic mass is 10.1. The Morgan fingerprint density at radius 1 is 1.17 bits per heavy atom. The zero-order valence-electron chi connectivity index (χ0n) is 17.2. The minimum atomic E-state index is -3.21. The minimum absolute atomic E-state index is 0.0731. The van der Waals surface area contributed by atoms with Crippen LogP contribution >= 0.6 is 0 Å². The average molecular weight is 421 g/mol. The topological polar surface area (TPSA) is 68.9 Å². The summed E-state index contributed by atoms with van der Waals surface area (Å²) in [5.41, 5.74) is 2.41. The van der Waals surface area contributed by atoms with Crippen molar-refractivity contribution in [1.82, 2.24) is 19.1 Å². The van der Waals surface area contributed by atoms with Gasteiger partial charge in [0.1, 0.15) is 0 Å². The molecular weight excluding hydrogens is 388 g/mol. The molecule has 8 heteroatoms. The van der Waals surface area contributed by atoms with E-state index in [4.69, 9.17) is 4.74 Å². The second-order valence-corrected chi connectivity index (χ2v) is 10.2. The molecule has 2 aliphatic heterocycles. The van der Waals surface area contributed by atoms with Gasteiger partial charge in [-0.25, -0.2) is 8.42 Å². The zero-order valence-corrected chi connectivity index (χ0v) is 18.0. The van der Waals surface area contributed by atoms with E-state index in [0.29, 0.717) is 6.54 Å². The SMILES string of the molecule is CS(=O)(=O)N(CCCN1CCOCC1)C1CCN(Cc2ccc3cc[nH]c3c2)C1. The van der Waals surface area contributed by atoms with Crippen LogP contribution in [0.15, 0.2) is 30.5 Å². The van der Waals surface area contributed by atoms with E-state index in [1.807, 2.05) is 6.20 Å². The molecule has 160 valence electrons. The molecule has 1 aromatic heterocycles. The van der Waals surface area contributed by atoms with Crippen molar-refractivity contribution < 1.29 is 13.2 Å². The lowest BCUT2D eigenvalue weighted by Gasteiger charge is -2.30. The predicted molar refractivity (Wildman–Crippen MR) is 115 cm³/mol. The van der Waals surface area contributed by atoms with Crippen molar-refractivity contribution in [2.24, 2.45) is 0 Å². The summed E-state index contributed by atoms with van der Waals surface area (Å²) in [6.45, 7) is 7.57. The Balaban J connectivity index is 1.32. The number of benzene rings is 1. The second-order valence-electron chi connectivity index (χ2n) is 8.26. The number of aromatic amines is 1. The van der Waals surface area contributed by atoms with Crippen LogP contribution in [0.25, 0.3) is 10.9 Å². The van der Waals surface area contributed by atoms with Crippen molar-refractivity contribution >= 4 is 20.9 Å². The van der Waals surface area contributed by atoms with E-state index in [-0.39, 0.29) is 6.04 Å². The van der Waals surface area contributed by atoms with E-state index < -0.39 is 10.0 Å². The number of nitrogens with zero attached hydrogens (tertiary/aromatic N) is 3. The minimum Gasteiger partial charge on any atom is -0.379 e. The van der Waals surface area contributed by atoms with E-state index in [1.165, 1.54) is 17.2 Å². The first-order chi connectivity index (χ1) is 14.0. The lowest BCUT2D eigenvalue weighted by molar-refractivity contribution is 0.0366. The Hall–Kier alpha value is -1.45. The molecular formula is C21H32N4O3S. The van der Waals surface area contributed by atoms with Gasteiger partial charge in [-0.2, -0.15) is 4.31 Å². The van der Waals surface area contributed by atoms with Crippen molar-refractivity contribution in [2.45, 2.75) is 25.4 Å². The fourth-order valence-corrected chi connectivity index (χ4v) is 5.71. The molecule has 0 spiro atoms. The summed E-state index contributed by atoms with van der Waals surface area (Å²) in [7, 11) is -3.21. The first-order valence-corrected chi connectivity index (χ1v) is 12.4. The van der Waals surface area contributed by atoms with E-state index in [1.54, 1.807) is 4.31 Å². The van der Waals surface area contributed by atoms with Crippen LogP contribution in [0.5, 0.6) is 0 Å². The molecule has 0 bridgehead atoms. The number of rotatable bonds is 8. The summed E-state index contributed by atoms with van der Waals surface area (Å²) in [5, 5.41) is 1.22. The van der Waals surface area contributed by atoms with Crippen molar-refractivity contribution in [2.75, 3.05) is 58.7 Å². The molecule has 29 heavy (non-hydrogen) atoms. The molecule has 1 unspecified atom stereocenters. The fourth-order valence-electron chi connectivity index (χ4n) is 4.54. The van der Waals surface area contributed by atoms with E-state index in [9.17, 15) is 8.42 Å². The number of hydrogen-bond acceptors (Lipinski definition) is 5. The lowest BCUT2D eigenvalue weighted by Crippen LogP contribution is -2.43. The van der Waals surface area contributed by atoms with Gasteiger partial charge in [0.2, 0.25) is 10.0 Å². The van der Waals surface area contributed by atoms with E-state index >= 15 is 0 Å². The third-order valence-electron chi connectivity index (χ3n) is 6.06. The van der Waals surface area contributed by atoms with Crippen molar-refractivity contribution in [3.05, 3.63) is 36.0 Å². The quantitative estimate of drug-likeness (QED) is 0.704. The molecule has 3 heterocycles. The maximum atomic E-state index is 12.5.